The number of aromatic nitrogens is 3. The molecule has 0 spiro atoms. The van der Waals surface area contributed by atoms with Crippen LogP contribution in [0.1, 0.15) is 59.2 Å². The first-order chi connectivity index (χ1) is 34.8. The van der Waals surface area contributed by atoms with Crippen LogP contribution in [0.4, 0.5) is 11.4 Å². The van der Waals surface area contributed by atoms with Gasteiger partial charge in [-0.15, -0.1) is 22.7 Å². The van der Waals surface area contributed by atoms with Crippen molar-refractivity contribution in [3.05, 3.63) is 89.1 Å². The van der Waals surface area contributed by atoms with Crippen molar-refractivity contribution in [3.8, 4) is 16.2 Å². The summed E-state index contributed by atoms with van der Waals surface area (Å²) in [6.07, 6.45) is 0.852. The maximum Gasteiger partial charge on any atom is 0.246 e. The van der Waals surface area contributed by atoms with E-state index in [1.54, 1.807) is 78.9 Å². The summed E-state index contributed by atoms with van der Waals surface area (Å²) in [7, 11) is -3.83. The van der Waals surface area contributed by atoms with Gasteiger partial charge in [0.1, 0.15) is 35.9 Å². The van der Waals surface area contributed by atoms with Gasteiger partial charge >= 0.3 is 0 Å². The number of likely N-dealkylation sites (tertiary alicyclic amines) is 1. The first-order valence-corrected chi connectivity index (χ1v) is 27.3. The van der Waals surface area contributed by atoms with E-state index in [1.807, 2.05) is 70.2 Å². The molecular weight excluding hydrogens is 995 g/mol. The predicted molar refractivity (Wildman–Crippen MR) is 282 cm³/mol. The van der Waals surface area contributed by atoms with Crippen molar-refractivity contribution in [2.24, 2.45) is 5.41 Å². The number of nitrogens with one attached hydrogen (secondary N) is 3. The summed E-state index contributed by atoms with van der Waals surface area (Å²) in [4.78, 5) is 56.1. The molecule has 4 heterocycles. The number of nitrogens with zero attached hydrogens (tertiary/aromatic N) is 4. The second-order valence-electron chi connectivity index (χ2n) is 19.6. The zero-order chi connectivity index (χ0) is 52.3. The highest BCUT2D eigenvalue weighted by atomic mass is 32.2. The minimum absolute atomic E-state index is 0.0324. The molecular formula is C52H65N7O11S3. The first-order valence-electron chi connectivity index (χ1n) is 24.1. The standard InChI is InChI=1S/C52H65N7O11S3/c1-33-47(72-31-55-33)35-10-8-34(9-11-35)28-54-49(62)42-25-37(60)29-59(42)50(63)48(51(2,3)4)58-46(61)30-69-21-20-67-17-16-66-18-19-68-22-23-70-43-27-40-38(26-45(43)73(64,65)52(5,6)7)39(14-15-53-40)57-36-12-13-44-41(24-36)56-32-71-44/h8-15,24,26-27,31-32,37,42,48,60H,16-23,25,28-30H2,1-7H3,(H,53,57)(H,54,62)(H,58,61)/t37-,42+,48+/m0/s1. The molecule has 21 heteroatoms. The number of benzene rings is 3. The van der Waals surface area contributed by atoms with E-state index in [0.717, 1.165) is 37.6 Å². The summed E-state index contributed by atoms with van der Waals surface area (Å²) in [5.74, 6) is -1.16. The topological polar surface area (TPSA) is 230 Å². The number of thiazole rings is 2. The molecule has 3 aromatic carbocycles. The van der Waals surface area contributed by atoms with Gasteiger partial charge in [-0.2, -0.15) is 0 Å². The molecule has 18 nitrogen and oxygen atoms in total. The van der Waals surface area contributed by atoms with Gasteiger partial charge in [-0.25, -0.2) is 18.4 Å². The fourth-order valence-electron chi connectivity index (χ4n) is 8.02. The monoisotopic (exact) mass is 1060 g/mol. The number of carbonyl (C=O) groups is 3. The third kappa shape index (κ3) is 14.4. The number of aliphatic hydroxyl groups excluding tert-OH is 1. The third-order valence-electron chi connectivity index (χ3n) is 12.1. The summed E-state index contributed by atoms with van der Waals surface area (Å²) in [5, 5.41) is 20.3. The Balaban J connectivity index is 0.779. The summed E-state index contributed by atoms with van der Waals surface area (Å²) in [5.41, 5.74) is 8.69. The lowest BCUT2D eigenvalue weighted by Crippen LogP contribution is -2.58. The Labute approximate surface area is 434 Å². The summed E-state index contributed by atoms with van der Waals surface area (Å²) >= 11 is 3.12. The van der Waals surface area contributed by atoms with E-state index in [1.165, 1.54) is 4.90 Å². The number of carbonyl (C=O) groups excluding carboxylic acids is 3. The van der Waals surface area contributed by atoms with Crippen LogP contribution in [0.25, 0.3) is 31.6 Å². The number of sulfone groups is 1. The molecule has 1 aliphatic heterocycles. The van der Waals surface area contributed by atoms with Crippen LogP contribution < -0.4 is 20.7 Å². The quantitative estimate of drug-likeness (QED) is 0.0455. The number of amides is 3. The molecule has 3 aromatic heterocycles. The van der Waals surface area contributed by atoms with E-state index in [2.05, 4.69) is 30.9 Å². The van der Waals surface area contributed by atoms with Crippen molar-refractivity contribution in [2.75, 3.05) is 71.3 Å². The zero-order valence-electron chi connectivity index (χ0n) is 42.3. The van der Waals surface area contributed by atoms with Crippen LogP contribution in [-0.4, -0.2) is 140 Å². The van der Waals surface area contributed by atoms with Crippen LogP contribution in [0.5, 0.6) is 5.75 Å². The van der Waals surface area contributed by atoms with Gasteiger partial charge in [0.05, 0.1) is 94.4 Å². The average Bonchev–Trinajstić information content (AvgIpc) is 4.11. The van der Waals surface area contributed by atoms with Crippen LogP contribution in [0.2, 0.25) is 0 Å². The number of pyridine rings is 1. The number of hydrogen-bond acceptors (Lipinski definition) is 17. The van der Waals surface area contributed by atoms with Gasteiger partial charge in [0.25, 0.3) is 0 Å². The van der Waals surface area contributed by atoms with Gasteiger partial charge in [-0.3, -0.25) is 19.4 Å². The Morgan fingerprint density at radius 1 is 0.808 bits per heavy atom. The molecule has 0 saturated carbocycles. The third-order valence-corrected chi connectivity index (χ3v) is 16.4. The Morgan fingerprint density at radius 3 is 2.14 bits per heavy atom. The predicted octanol–water partition coefficient (Wildman–Crippen LogP) is 6.85. The van der Waals surface area contributed by atoms with Gasteiger partial charge in [0, 0.05) is 48.5 Å². The van der Waals surface area contributed by atoms with E-state index in [0.29, 0.717) is 16.6 Å². The van der Waals surface area contributed by atoms with Crippen LogP contribution >= 0.6 is 22.7 Å². The summed E-state index contributed by atoms with van der Waals surface area (Å²) < 4.78 is 56.1. The Morgan fingerprint density at radius 2 is 1.48 bits per heavy atom. The van der Waals surface area contributed by atoms with Gasteiger partial charge < -0.3 is 49.6 Å². The number of rotatable bonds is 24. The van der Waals surface area contributed by atoms with Crippen molar-refractivity contribution in [1.82, 2.24) is 30.5 Å². The molecule has 6 aromatic rings. The summed E-state index contributed by atoms with van der Waals surface area (Å²) in [6, 6.07) is 16.9. The normalized spacial score (nSPS) is 15.7. The van der Waals surface area contributed by atoms with Crippen LogP contribution in [0.15, 0.2) is 82.8 Å². The van der Waals surface area contributed by atoms with Gasteiger partial charge in [0.15, 0.2) is 9.84 Å². The molecule has 0 radical (unpaired) electrons. The molecule has 0 aliphatic carbocycles. The molecule has 0 unspecified atom stereocenters. The largest absolute Gasteiger partial charge is 0.490 e. The molecule has 1 fully saturated rings. The zero-order valence-corrected chi connectivity index (χ0v) is 44.7. The first kappa shape index (κ1) is 55.1. The number of fused-ring (bicyclic) bond motifs is 2. The van der Waals surface area contributed by atoms with Crippen LogP contribution in [-0.2, 0) is 49.7 Å². The molecule has 3 atom stereocenters. The van der Waals surface area contributed by atoms with Crippen LogP contribution in [0.3, 0.4) is 0 Å². The molecule has 0 bridgehead atoms. The van der Waals surface area contributed by atoms with Gasteiger partial charge in [-0.05, 0) is 74.6 Å². The lowest BCUT2D eigenvalue weighted by molar-refractivity contribution is -0.144. The SMILES string of the molecule is Cc1ncsc1-c1ccc(CNC(=O)[C@H]2C[C@H](O)CN2C(=O)[C@@H](NC(=O)COCCOCCOCCOCCOc2cc3nccc(Nc4ccc5scnc5c4)c3cc2S(=O)(=O)C(C)(C)C)C(C)(C)C)cc1. The number of hydrogen-bond donors (Lipinski definition) is 4. The Kier molecular flexibility index (Phi) is 18.6. The summed E-state index contributed by atoms with van der Waals surface area (Å²) in [6.45, 7) is 14.0. The van der Waals surface area contributed by atoms with E-state index < -0.39 is 50.0 Å². The second-order valence-corrected chi connectivity index (χ2v) is 24.0. The molecule has 1 aliphatic rings. The fourth-order valence-corrected chi connectivity index (χ4v) is 10.8. The molecule has 7 rings (SSSR count). The number of aryl methyl sites for hydroxylation is 1. The maximum atomic E-state index is 14.0. The van der Waals surface area contributed by atoms with Crippen molar-refractivity contribution in [3.63, 3.8) is 0 Å². The molecule has 4 N–H and O–H groups in total. The van der Waals surface area contributed by atoms with E-state index in [-0.39, 0.29) is 95.5 Å². The van der Waals surface area contributed by atoms with Crippen molar-refractivity contribution in [2.45, 2.75) is 89.3 Å². The number of ether oxygens (including phenoxy) is 5. The second kappa shape index (κ2) is 24.6. The highest BCUT2D eigenvalue weighted by molar-refractivity contribution is 7.92. The van der Waals surface area contributed by atoms with Gasteiger partial charge in [-0.1, -0.05) is 45.0 Å². The Hall–Kier alpha value is -5.65. The van der Waals surface area contributed by atoms with Gasteiger partial charge in [0.2, 0.25) is 17.7 Å². The Bertz CT molecular complexity index is 2950. The van der Waals surface area contributed by atoms with Crippen molar-refractivity contribution >= 4 is 82.7 Å². The number of aliphatic hydroxyl groups is 1. The smallest absolute Gasteiger partial charge is 0.246 e. The highest BCUT2D eigenvalue weighted by Crippen LogP contribution is 2.38. The highest BCUT2D eigenvalue weighted by Gasteiger charge is 2.44. The molecule has 73 heavy (non-hydrogen) atoms. The maximum absolute atomic E-state index is 14.0. The lowest BCUT2D eigenvalue weighted by Gasteiger charge is -2.35. The van der Waals surface area contributed by atoms with E-state index in [9.17, 15) is 27.9 Å². The minimum Gasteiger partial charge on any atom is -0.490 e. The van der Waals surface area contributed by atoms with Crippen molar-refractivity contribution < 1.29 is 51.6 Å². The van der Waals surface area contributed by atoms with E-state index in [4.69, 9.17) is 23.7 Å². The average molecular weight is 1060 g/mol. The van der Waals surface area contributed by atoms with Crippen LogP contribution in [0, 0.1) is 12.3 Å². The lowest BCUT2D eigenvalue weighted by atomic mass is 9.85. The number of β-amino-alcohol motifs (C(OH)–C–C–N with tert-alkyl or cyclic N) is 1. The number of anilines is 2. The van der Waals surface area contributed by atoms with E-state index >= 15 is 0 Å². The molecule has 3 amide bonds. The molecule has 392 valence electrons. The molecule has 1 saturated heterocycles. The minimum atomic E-state index is -3.83. The fraction of sp³-hybridized carbons (Fsp3) is 0.462. The van der Waals surface area contributed by atoms with Crippen molar-refractivity contribution in [1.29, 1.82) is 0 Å².